The number of hydrogen-bond acceptors (Lipinski definition) is 4. The van der Waals surface area contributed by atoms with Crippen LogP contribution in [0.15, 0.2) is 34.2 Å². The van der Waals surface area contributed by atoms with Gasteiger partial charge in [0.25, 0.3) is 5.91 Å². The predicted molar refractivity (Wildman–Crippen MR) is 89.0 cm³/mol. The van der Waals surface area contributed by atoms with Crippen molar-refractivity contribution in [1.82, 2.24) is 9.97 Å². The average molecular weight is 362 g/mol. The summed E-state index contributed by atoms with van der Waals surface area (Å²) in [5.74, 6) is -0.249. The second-order valence-electron chi connectivity index (χ2n) is 4.69. The molecule has 0 saturated heterocycles. The number of halogens is 1. The number of thiazole rings is 1. The van der Waals surface area contributed by atoms with Crippen molar-refractivity contribution in [2.45, 2.75) is 13.8 Å². The highest BCUT2D eigenvalue weighted by atomic mass is 79.9. The molecular weight excluding hydrogens is 350 g/mol. The van der Waals surface area contributed by atoms with Gasteiger partial charge >= 0.3 is 0 Å². The zero-order valence-corrected chi connectivity index (χ0v) is 13.9. The first-order chi connectivity index (χ1) is 10.1. The zero-order chi connectivity index (χ0) is 15.0. The number of aromatic nitrogens is 2. The second kappa shape index (κ2) is 5.54. The Morgan fingerprint density at radius 2 is 2.10 bits per heavy atom. The Hall–Kier alpha value is -1.79. The van der Waals surface area contributed by atoms with E-state index >= 15 is 0 Å². The Kier molecular flexibility index (Phi) is 3.73. The molecule has 4 nitrogen and oxygen atoms in total. The van der Waals surface area contributed by atoms with E-state index in [0.717, 1.165) is 26.5 Å². The number of rotatable bonds is 2. The Morgan fingerprint density at radius 1 is 1.29 bits per heavy atom. The summed E-state index contributed by atoms with van der Waals surface area (Å²) in [5.41, 5.74) is 2.39. The normalized spacial score (nSPS) is 10.8. The number of fused-ring (bicyclic) bond motifs is 1. The Morgan fingerprint density at radius 3 is 2.81 bits per heavy atom. The van der Waals surface area contributed by atoms with E-state index in [9.17, 15) is 4.79 Å². The highest BCUT2D eigenvalue weighted by Gasteiger charge is 2.16. The van der Waals surface area contributed by atoms with Crippen LogP contribution in [-0.4, -0.2) is 15.9 Å². The smallest absolute Gasteiger partial charge is 0.276 e. The van der Waals surface area contributed by atoms with Crippen LogP contribution in [0.1, 0.15) is 21.7 Å². The summed E-state index contributed by atoms with van der Waals surface area (Å²) in [5, 5.41) is 7.12. The monoisotopic (exact) mass is 361 g/mol. The van der Waals surface area contributed by atoms with Gasteiger partial charge in [-0.1, -0.05) is 22.0 Å². The van der Waals surface area contributed by atoms with Crippen LogP contribution in [-0.2, 0) is 0 Å². The molecule has 1 aromatic carbocycles. The summed E-state index contributed by atoms with van der Waals surface area (Å²) < 4.78 is 0.858. The molecule has 1 N–H and O–H groups in total. The van der Waals surface area contributed by atoms with E-state index < -0.39 is 0 Å². The van der Waals surface area contributed by atoms with Crippen LogP contribution in [0.4, 0.5) is 5.13 Å². The molecule has 106 valence electrons. The van der Waals surface area contributed by atoms with Gasteiger partial charge < -0.3 is 0 Å². The fraction of sp³-hybridized carbons (Fsp3) is 0.133. The average Bonchev–Trinajstić information content (AvgIpc) is 2.87. The van der Waals surface area contributed by atoms with Crippen LogP contribution in [0.25, 0.3) is 10.8 Å². The van der Waals surface area contributed by atoms with Crippen molar-refractivity contribution < 1.29 is 4.79 Å². The van der Waals surface area contributed by atoms with Crippen LogP contribution < -0.4 is 5.32 Å². The number of pyridine rings is 1. The number of hydrogen-bond donors (Lipinski definition) is 1. The third-order valence-electron chi connectivity index (χ3n) is 3.15. The predicted octanol–water partition coefficient (Wildman–Crippen LogP) is 4.32. The quantitative estimate of drug-likeness (QED) is 0.739. The number of nitrogens with one attached hydrogen (secondary N) is 1. The lowest BCUT2D eigenvalue weighted by Gasteiger charge is -2.09. The van der Waals surface area contributed by atoms with Gasteiger partial charge in [-0.2, -0.15) is 0 Å². The van der Waals surface area contributed by atoms with Crippen molar-refractivity contribution >= 4 is 49.1 Å². The van der Waals surface area contributed by atoms with Gasteiger partial charge in [-0.25, -0.2) is 4.98 Å². The van der Waals surface area contributed by atoms with E-state index in [-0.39, 0.29) is 5.91 Å². The number of carbonyl (C=O) groups excluding carboxylic acids is 1. The van der Waals surface area contributed by atoms with E-state index in [2.05, 4.69) is 31.2 Å². The van der Waals surface area contributed by atoms with Crippen LogP contribution in [0.5, 0.6) is 0 Å². The molecule has 2 aromatic heterocycles. The Labute approximate surface area is 134 Å². The topological polar surface area (TPSA) is 54.9 Å². The van der Waals surface area contributed by atoms with Crippen LogP contribution in [0.3, 0.4) is 0 Å². The lowest BCUT2D eigenvalue weighted by Crippen LogP contribution is -2.14. The van der Waals surface area contributed by atoms with Crippen molar-refractivity contribution in [3.63, 3.8) is 0 Å². The highest BCUT2D eigenvalue weighted by molar-refractivity contribution is 9.10. The standard InChI is InChI=1S/C15H12BrN3OS/c1-8-3-4-11(16)12-10(8)5-6-17-13(12)14(20)19-15-18-9(2)7-21-15/h3-7H,1-2H3,(H,18,19,20). The number of amides is 1. The third kappa shape index (κ3) is 2.69. The number of nitrogens with zero attached hydrogens (tertiary/aromatic N) is 2. The number of aryl methyl sites for hydroxylation is 2. The molecule has 21 heavy (non-hydrogen) atoms. The summed E-state index contributed by atoms with van der Waals surface area (Å²) in [6.45, 7) is 3.91. The van der Waals surface area contributed by atoms with Crippen molar-refractivity contribution in [1.29, 1.82) is 0 Å². The molecule has 0 bridgehead atoms. The fourth-order valence-corrected chi connectivity index (χ4v) is 3.36. The summed E-state index contributed by atoms with van der Waals surface area (Å²) >= 11 is 4.91. The SMILES string of the molecule is Cc1csc(NC(=O)c2nccc3c(C)ccc(Br)c23)n1. The summed E-state index contributed by atoms with van der Waals surface area (Å²) in [6, 6.07) is 5.86. The molecule has 2 heterocycles. The maximum atomic E-state index is 12.5. The Balaban J connectivity index is 2.08. The van der Waals surface area contributed by atoms with E-state index in [1.165, 1.54) is 11.3 Å². The molecular formula is C15H12BrN3OS. The lowest BCUT2D eigenvalue weighted by atomic mass is 10.0. The Bertz CT molecular complexity index is 844. The third-order valence-corrected chi connectivity index (χ3v) is 4.69. The van der Waals surface area contributed by atoms with Gasteiger partial charge in [0.05, 0.1) is 5.69 Å². The first kappa shape index (κ1) is 14.2. The van der Waals surface area contributed by atoms with Crippen LogP contribution in [0.2, 0.25) is 0 Å². The molecule has 0 fully saturated rings. The largest absolute Gasteiger partial charge is 0.296 e. The minimum Gasteiger partial charge on any atom is -0.296 e. The van der Waals surface area contributed by atoms with Crippen LogP contribution in [0, 0.1) is 13.8 Å². The molecule has 0 aliphatic rings. The first-order valence-corrected chi connectivity index (χ1v) is 8.01. The molecule has 3 rings (SSSR count). The molecule has 0 unspecified atom stereocenters. The van der Waals surface area contributed by atoms with Gasteiger partial charge in [-0.3, -0.25) is 15.1 Å². The molecule has 3 aromatic rings. The van der Waals surface area contributed by atoms with Gasteiger partial charge in [-0.15, -0.1) is 11.3 Å². The summed E-state index contributed by atoms with van der Waals surface area (Å²) in [4.78, 5) is 21.0. The second-order valence-corrected chi connectivity index (χ2v) is 6.41. The van der Waals surface area contributed by atoms with Crippen molar-refractivity contribution in [2.75, 3.05) is 5.32 Å². The first-order valence-electron chi connectivity index (χ1n) is 6.33. The highest BCUT2D eigenvalue weighted by Crippen LogP contribution is 2.29. The minimum absolute atomic E-state index is 0.249. The van der Waals surface area contributed by atoms with Crippen LogP contribution >= 0.6 is 27.3 Å². The van der Waals surface area contributed by atoms with Gasteiger partial charge in [0, 0.05) is 21.4 Å². The maximum absolute atomic E-state index is 12.5. The van der Waals surface area contributed by atoms with Gasteiger partial charge in [0.15, 0.2) is 5.13 Å². The molecule has 0 saturated carbocycles. The lowest BCUT2D eigenvalue weighted by molar-refractivity contribution is 0.102. The maximum Gasteiger partial charge on any atom is 0.276 e. The molecule has 0 aliphatic heterocycles. The number of benzene rings is 1. The van der Waals surface area contributed by atoms with Gasteiger partial charge in [0.1, 0.15) is 5.69 Å². The van der Waals surface area contributed by atoms with E-state index in [4.69, 9.17) is 0 Å². The molecule has 6 heteroatoms. The summed E-state index contributed by atoms with van der Waals surface area (Å²) in [6.07, 6.45) is 1.66. The van der Waals surface area contributed by atoms with Crippen molar-refractivity contribution in [3.05, 3.63) is 51.2 Å². The molecule has 0 atom stereocenters. The molecule has 0 aliphatic carbocycles. The van der Waals surface area contributed by atoms with Crippen molar-refractivity contribution in [3.8, 4) is 0 Å². The fourth-order valence-electron chi connectivity index (χ4n) is 2.14. The van der Waals surface area contributed by atoms with E-state index in [1.807, 2.05) is 37.4 Å². The zero-order valence-electron chi connectivity index (χ0n) is 11.5. The minimum atomic E-state index is -0.249. The number of carbonyl (C=O) groups is 1. The molecule has 0 spiro atoms. The number of anilines is 1. The van der Waals surface area contributed by atoms with Gasteiger partial charge in [0.2, 0.25) is 0 Å². The molecule has 0 radical (unpaired) electrons. The van der Waals surface area contributed by atoms with E-state index in [1.54, 1.807) is 6.20 Å². The summed E-state index contributed by atoms with van der Waals surface area (Å²) in [7, 11) is 0. The van der Waals surface area contributed by atoms with E-state index in [0.29, 0.717) is 10.8 Å². The van der Waals surface area contributed by atoms with Gasteiger partial charge in [-0.05, 0) is 36.9 Å². The molecule has 1 amide bonds. The van der Waals surface area contributed by atoms with Crippen molar-refractivity contribution in [2.24, 2.45) is 0 Å².